The second-order valence-corrected chi connectivity index (χ2v) is 8.67. The Morgan fingerprint density at radius 2 is 1.86 bits per heavy atom. The third-order valence-electron chi connectivity index (χ3n) is 5.26. The van der Waals surface area contributed by atoms with Gasteiger partial charge in [0.05, 0.1) is 41.8 Å². The maximum Gasteiger partial charge on any atom is 0.305 e. The van der Waals surface area contributed by atoms with Crippen molar-refractivity contribution in [1.82, 2.24) is 16.0 Å². The third-order valence-corrected chi connectivity index (χ3v) is 5.77. The number of aromatic hydroxyl groups is 1. The highest BCUT2D eigenvalue weighted by atomic mass is 35.5. The number of guanidine groups is 1. The number of nitrogens with zero attached hydrogens (tertiary/aromatic N) is 1. The Morgan fingerprint density at radius 3 is 2.49 bits per heavy atom. The molecule has 1 aliphatic heterocycles. The highest BCUT2D eigenvalue weighted by molar-refractivity contribution is 6.35. The van der Waals surface area contributed by atoms with E-state index in [1.807, 2.05) is 0 Å². The average Bonchev–Trinajstić information content (AvgIpc) is 3.34. The quantitative estimate of drug-likeness (QED) is 0.271. The molecule has 3 rings (SSSR count). The number of rotatable bonds is 8. The first-order valence-electron chi connectivity index (χ1n) is 10.6. The van der Waals surface area contributed by atoms with Crippen LogP contribution < -0.4 is 21.3 Å². The molecule has 1 atom stereocenters. The fraction of sp³-hybridized carbons (Fsp3) is 0.273. The predicted molar refractivity (Wildman–Crippen MR) is 129 cm³/mol. The lowest BCUT2D eigenvalue weighted by Crippen LogP contribution is -2.40. The molecule has 0 aliphatic carbocycles. The van der Waals surface area contributed by atoms with Crippen molar-refractivity contribution in [2.45, 2.75) is 19.4 Å². The zero-order chi connectivity index (χ0) is 27.4. The summed E-state index contributed by atoms with van der Waals surface area (Å²) in [4.78, 5) is 40.7. The van der Waals surface area contributed by atoms with E-state index >= 15 is 0 Å². The van der Waals surface area contributed by atoms with Crippen LogP contribution in [0.3, 0.4) is 0 Å². The van der Waals surface area contributed by atoms with Gasteiger partial charge in [0.2, 0.25) is 5.91 Å². The summed E-state index contributed by atoms with van der Waals surface area (Å²) >= 11 is 11.8. The Hall–Kier alpha value is -3.71. The molecule has 0 bridgehead atoms. The van der Waals surface area contributed by atoms with Crippen molar-refractivity contribution in [2.75, 3.05) is 25.0 Å². The molecule has 0 spiro atoms. The van der Waals surface area contributed by atoms with Crippen LogP contribution in [0.4, 0.5) is 18.9 Å². The number of benzene rings is 2. The van der Waals surface area contributed by atoms with E-state index < -0.39 is 76.8 Å². The van der Waals surface area contributed by atoms with E-state index in [0.29, 0.717) is 13.1 Å². The van der Waals surface area contributed by atoms with Crippen LogP contribution in [0.25, 0.3) is 0 Å². The molecule has 0 saturated carbocycles. The number of anilines is 1. The highest BCUT2D eigenvalue weighted by Gasteiger charge is 2.29. The van der Waals surface area contributed by atoms with E-state index in [-0.39, 0.29) is 21.6 Å². The van der Waals surface area contributed by atoms with E-state index in [2.05, 4.69) is 26.3 Å². The Balaban J connectivity index is 1.81. The van der Waals surface area contributed by atoms with Gasteiger partial charge in [-0.2, -0.15) is 0 Å². The number of carbonyl (C=O) groups is 3. The number of aliphatic imine (C=N–C) groups is 1. The van der Waals surface area contributed by atoms with Gasteiger partial charge < -0.3 is 31.5 Å². The molecule has 10 nitrogen and oxygen atoms in total. The van der Waals surface area contributed by atoms with Gasteiger partial charge in [-0.05, 0) is 19.1 Å². The van der Waals surface area contributed by atoms with E-state index in [9.17, 15) is 37.8 Å². The van der Waals surface area contributed by atoms with E-state index in [1.165, 1.54) is 12.1 Å². The molecule has 1 aliphatic rings. The zero-order valence-electron chi connectivity index (χ0n) is 19.0. The molecule has 0 fully saturated rings. The molecule has 6 N–H and O–H groups in total. The summed E-state index contributed by atoms with van der Waals surface area (Å²) in [5, 5.41) is 28.9. The number of hydrogen-bond donors (Lipinski definition) is 6. The van der Waals surface area contributed by atoms with Crippen molar-refractivity contribution in [3.63, 3.8) is 0 Å². The number of hydrogen-bond acceptors (Lipinski definition) is 7. The van der Waals surface area contributed by atoms with Crippen molar-refractivity contribution in [3.05, 3.63) is 56.3 Å². The number of halogens is 5. The minimum Gasteiger partial charge on any atom is -0.506 e. The molecule has 0 saturated heterocycles. The van der Waals surface area contributed by atoms with Gasteiger partial charge in [-0.15, -0.1) is 0 Å². The second-order valence-electron chi connectivity index (χ2n) is 7.83. The standard InChI is InChI=1S/C22H20Cl2F3N5O5/c1-8-15(19(18(27)17(26)16(8)25)32-22-28-2-3-29-22)21(37)30-7-13(33)31-12(6-14(34)35)10-4-9(23)5-11(24)20(10)36/h4-5,12,36H,2-3,6-7H2,1H3,(H,30,37)(H,31,33)(H,34,35)(H2,28,29,32). The number of nitrogens with one attached hydrogen (secondary N) is 4. The number of amides is 2. The first-order valence-corrected chi connectivity index (χ1v) is 11.4. The van der Waals surface area contributed by atoms with Crippen molar-refractivity contribution < 1.29 is 37.8 Å². The maximum absolute atomic E-state index is 14.6. The average molecular weight is 562 g/mol. The number of phenols is 1. The number of carboxylic acids is 1. The molecule has 198 valence electrons. The molecule has 0 radical (unpaired) electrons. The molecule has 1 unspecified atom stereocenters. The van der Waals surface area contributed by atoms with Crippen molar-refractivity contribution >= 4 is 52.6 Å². The van der Waals surface area contributed by atoms with Crippen LogP contribution in [0.5, 0.6) is 5.75 Å². The van der Waals surface area contributed by atoms with Crippen LogP contribution in [-0.2, 0) is 9.59 Å². The number of carbonyl (C=O) groups excluding carboxylic acids is 2. The summed E-state index contributed by atoms with van der Waals surface area (Å²) < 4.78 is 42.9. The van der Waals surface area contributed by atoms with Crippen LogP contribution in [-0.4, -0.2) is 53.6 Å². The SMILES string of the molecule is Cc1c(F)c(F)c(F)c(NC2=NCCN2)c1C(=O)NCC(=O)NC(CC(=O)O)c1cc(Cl)cc(Cl)c1O. The normalized spacial score (nSPS) is 13.4. The van der Waals surface area contributed by atoms with Gasteiger partial charge in [0.15, 0.2) is 23.4 Å². The predicted octanol–water partition coefficient (Wildman–Crippen LogP) is 2.86. The first-order chi connectivity index (χ1) is 17.4. The van der Waals surface area contributed by atoms with Gasteiger partial charge in [-0.1, -0.05) is 23.2 Å². The van der Waals surface area contributed by atoms with Crippen molar-refractivity contribution in [2.24, 2.45) is 4.99 Å². The molecule has 2 amide bonds. The van der Waals surface area contributed by atoms with E-state index in [4.69, 9.17) is 23.2 Å². The molecule has 15 heteroatoms. The lowest BCUT2D eigenvalue weighted by Gasteiger charge is -2.20. The molecule has 37 heavy (non-hydrogen) atoms. The van der Waals surface area contributed by atoms with Crippen LogP contribution in [0, 0.1) is 24.4 Å². The van der Waals surface area contributed by atoms with E-state index in [1.54, 1.807) is 0 Å². The van der Waals surface area contributed by atoms with Gasteiger partial charge in [0.25, 0.3) is 5.91 Å². The Kier molecular flexibility index (Phi) is 8.71. The fourth-order valence-electron chi connectivity index (χ4n) is 3.54. The molecule has 0 aromatic heterocycles. The molecule has 2 aromatic carbocycles. The number of phenolic OH excluding ortho intramolecular Hbond substituents is 1. The summed E-state index contributed by atoms with van der Waals surface area (Å²) in [7, 11) is 0. The fourth-order valence-corrected chi connectivity index (χ4v) is 4.05. The van der Waals surface area contributed by atoms with E-state index in [0.717, 1.165) is 6.92 Å². The van der Waals surface area contributed by atoms with Gasteiger partial charge in [0.1, 0.15) is 5.75 Å². The summed E-state index contributed by atoms with van der Waals surface area (Å²) in [5.74, 6) is -8.91. The lowest BCUT2D eigenvalue weighted by molar-refractivity contribution is -0.137. The Morgan fingerprint density at radius 1 is 1.16 bits per heavy atom. The largest absolute Gasteiger partial charge is 0.506 e. The monoisotopic (exact) mass is 561 g/mol. The first kappa shape index (κ1) is 27.9. The summed E-state index contributed by atoms with van der Waals surface area (Å²) in [6.07, 6.45) is -0.680. The van der Waals surface area contributed by atoms with Crippen LogP contribution >= 0.6 is 23.2 Å². The van der Waals surface area contributed by atoms with Crippen LogP contribution in [0.15, 0.2) is 17.1 Å². The van der Waals surface area contributed by atoms with Crippen molar-refractivity contribution in [3.8, 4) is 5.75 Å². The van der Waals surface area contributed by atoms with Gasteiger partial charge in [0, 0.05) is 22.7 Å². The number of carboxylic acid groups (broad SMARTS) is 1. The molecule has 2 aromatic rings. The highest BCUT2D eigenvalue weighted by Crippen LogP contribution is 2.36. The van der Waals surface area contributed by atoms with Crippen LogP contribution in [0.2, 0.25) is 10.0 Å². The summed E-state index contributed by atoms with van der Waals surface area (Å²) in [6, 6.07) is 1.12. The lowest BCUT2D eigenvalue weighted by atomic mass is 10.0. The van der Waals surface area contributed by atoms with Gasteiger partial charge >= 0.3 is 5.97 Å². The third kappa shape index (κ3) is 6.35. The molecular formula is C22H20Cl2F3N5O5. The Bertz CT molecular complexity index is 1310. The van der Waals surface area contributed by atoms with Crippen molar-refractivity contribution in [1.29, 1.82) is 0 Å². The van der Waals surface area contributed by atoms with Gasteiger partial charge in [-0.3, -0.25) is 19.4 Å². The molecule has 1 heterocycles. The maximum atomic E-state index is 14.6. The Labute approximate surface area is 217 Å². The molecular weight excluding hydrogens is 542 g/mol. The summed E-state index contributed by atoms with van der Waals surface area (Å²) in [6.45, 7) is 1.01. The topological polar surface area (TPSA) is 152 Å². The summed E-state index contributed by atoms with van der Waals surface area (Å²) in [5.41, 5.74) is -1.92. The van der Waals surface area contributed by atoms with Gasteiger partial charge in [-0.25, -0.2) is 13.2 Å². The second kappa shape index (κ2) is 11.6. The minimum absolute atomic E-state index is 0.0348. The number of aliphatic carboxylic acids is 1. The zero-order valence-corrected chi connectivity index (χ0v) is 20.5. The van der Waals surface area contributed by atoms with Crippen LogP contribution in [0.1, 0.15) is 33.9 Å². The minimum atomic E-state index is -1.80. The smallest absolute Gasteiger partial charge is 0.305 e.